The summed E-state index contributed by atoms with van der Waals surface area (Å²) in [6.45, 7) is 3.23. The van der Waals surface area contributed by atoms with Crippen molar-refractivity contribution in [1.82, 2.24) is 5.32 Å². The van der Waals surface area contributed by atoms with E-state index in [1.165, 1.54) is 26.2 Å². The summed E-state index contributed by atoms with van der Waals surface area (Å²) in [5.74, 6) is -2.01. The molecule has 6 heteroatoms. The van der Waals surface area contributed by atoms with Crippen LogP contribution in [0.1, 0.15) is 30.6 Å². The Morgan fingerprint density at radius 3 is 2.63 bits per heavy atom. The smallest absolute Gasteiger partial charge is 0.331 e. The van der Waals surface area contributed by atoms with Crippen molar-refractivity contribution in [3.8, 4) is 0 Å². The summed E-state index contributed by atoms with van der Waals surface area (Å²) in [5, 5.41) is 2.70. The van der Waals surface area contributed by atoms with Crippen LogP contribution in [-0.2, 0) is 9.53 Å². The monoisotopic (exact) mass is 287 g/mol. The standard InChI is InChI=1S/C13H15ClFNO3/c1-4-13(2,12(18)19-3)16-11(17)9-7-8(14)5-6-10(9)15/h5-7H,4H2,1-3H3,(H,16,17). The van der Waals surface area contributed by atoms with Crippen molar-refractivity contribution in [3.05, 3.63) is 34.6 Å². The van der Waals surface area contributed by atoms with Crippen molar-refractivity contribution in [2.75, 3.05) is 7.11 Å². The average Bonchev–Trinajstić information content (AvgIpc) is 2.40. The Balaban J connectivity index is 3.01. The molecule has 0 spiro atoms. The number of methoxy groups -OCH3 is 1. The number of hydrogen-bond acceptors (Lipinski definition) is 3. The number of benzene rings is 1. The maximum Gasteiger partial charge on any atom is 0.331 e. The molecule has 1 atom stereocenters. The van der Waals surface area contributed by atoms with Crippen LogP contribution in [-0.4, -0.2) is 24.5 Å². The lowest BCUT2D eigenvalue weighted by Gasteiger charge is -2.26. The van der Waals surface area contributed by atoms with E-state index in [0.717, 1.165) is 6.07 Å². The molecular formula is C13H15ClFNO3. The van der Waals surface area contributed by atoms with Crippen LogP contribution < -0.4 is 5.32 Å². The van der Waals surface area contributed by atoms with E-state index in [0.29, 0.717) is 6.42 Å². The molecule has 104 valence electrons. The maximum absolute atomic E-state index is 13.5. The number of halogens is 2. The molecule has 1 aromatic carbocycles. The quantitative estimate of drug-likeness (QED) is 0.866. The lowest BCUT2D eigenvalue weighted by Crippen LogP contribution is -2.52. The number of carbonyl (C=O) groups excluding carboxylic acids is 2. The zero-order valence-electron chi connectivity index (χ0n) is 10.9. The molecule has 0 heterocycles. The van der Waals surface area contributed by atoms with Crippen LogP contribution in [0.4, 0.5) is 4.39 Å². The summed E-state index contributed by atoms with van der Waals surface area (Å²) in [5.41, 5.74) is -1.42. The number of carbonyl (C=O) groups is 2. The van der Waals surface area contributed by atoms with Crippen LogP contribution >= 0.6 is 11.6 Å². The van der Waals surface area contributed by atoms with E-state index in [4.69, 9.17) is 11.6 Å². The van der Waals surface area contributed by atoms with Crippen molar-refractivity contribution in [3.63, 3.8) is 0 Å². The second-order valence-electron chi connectivity index (χ2n) is 4.26. The number of ether oxygens (including phenoxy) is 1. The topological polar surface area (TPSA) is 55.4 Å². The third-order valence-corrected chi connectivity index (χ3v) is 3.14. The third kappa shape index (κ3) is 3.44. The van der Waals surface area contributed by atoms with Crippen LogP contribution in [0.3, 0.4) is 0 Å². The summed E-state index contributed by atoms with van der Waals surface area (Å²) >= 11 is 5.72. The maximum atomic E-state index is 13.5. The Bertz CT molecular complexity index is 507. The van der Waals surface area contributed by atoms with E-state index in [-0.39, 0.29) is 10.6 Å². The normalized spacial score (nSPS) is 13.5. The summed E-state index contributed by atoms with van der Waals surface area (Å²) in [6, 6.07) is 3.64. The van der Waals surface area contributed by atoms with Crippen LogP contribution in [0.15, 0.2) is 18.2 Å². The molecular weight excluding hydrogens is 273 g/mol. The Morgan fingerprint density at radius 1 is 1.47 bits per heavy atom. The van der Waals surface area contributed by atoms with Gasteiger partial charge < -0.3 is 10.1 Å². The van der Waals surface area contributed by atoms with Crippen LogP contribution in [0.2, 0.25) is 5.02 Å². The second kappa shape index (κ2) is 6.02. The van der Waals surface area contributed by atoms with Gasteiger partial charge in [-0.1, -0.05) is 18.5 Å². The van der Waals surface area contributed by atoms with Crippen LogP contribution in [0, 0.1) is 5.82 Å². The summed E-state index contributed by atoms with van der Waals surface area (Å²) < 4.78 is 18.2. The molecule has 1 N–H and O–H groups in total. The van der Waals surface area contributed by atoms with Gasteiger partial charge in [-0.3, -0.25) is 4.79 Å². The van der Waals surface area contributed by atoms with Gasteiger partial charge >= 0.3 is 5.97 Å². The molecule has 0 saturated heterocycles. The first-order valence-corrected chi connectivity index (χ1v) is 6.08. The molecule has 0 bridgehead atoms. The Kier molecular flexibility index (Phi) is 4.89. The number of amides is 1. The van der Waals surface area contributed by atoms with Gasteiger partial charge in [-0.2, -0.15) is 0 Å². The molecule has 4 nitrogen and oxygen atoms in total. The van der Waals surface area contributed by atoms with E-state index in [9.17, 15) is 14.0 Å². The average molecular weight is 288 g/mol. The fourth-order valence-electron chi connectivity index (χ4n) is 1.50. The highest BCUT2D eigenvalue weighted by atomic mass is 35.5. The van der Waals surface area contributed by atoms with E-state index in [1.807, 2.05) is 0 Å². The van der Waals surface area contributed by atoms with Gasteiger partial charge in [0.15, 0.2) is 0 Å². The molecule has 1 amide bonds. The molecule has 1 unspecified atom stereocenters. The fourth-order valence-corrected chi connectivity index (χ4v) is 1.67. The molecule has 0 saturated carbocycles. The van der Waals surface area contributed by atoms with E-state index < -0.39 is 23.2 Å². The fraction of sp³-hybridized carbons (Fsp3) is 0.385. The predicted molar refractivity (Wildman–Crippen MR) is 69.6 cm³/mol. The largest absolute Gasteiger partial charge is 0.467 e. The second-order valence-corrected chi connectivity index (χ2v) is 4.69. The number of esters is 1. The van der Waals surface area contributed by atoms with Crippen molar-refractivity contribution < 1.29 is 18.7 Å². The van der Waals surface area contributed by atoms with Gasteiger partial charge in [0.1, 0.15) is 11.4 Å². The molecule has 0 aromatic heterocycles. The predicted octanol–water partition coefficient (Wildman–Crippen LogP) is 2.55. The first kappa shape index (κ1) is 15.4. The minimum Gasteiger partial charge on any atom is -0.467 e. The van der Waals surface area contributed by atoms with Crippen LogP contribution in [0.25, 0.3) is 0 Å². The number of rotatable bonds is 4. The SMILES string of the molecule is CCC(C)(NC(=O)c1cc(Cl)ccc1F)C(=O)OC. The van der Waals surface area contributed by atoms with Gasteiger partial charge in [0.2, 0.25) is 0 Å². The van der Waals surface area contributed by atoms with Crippen molar-refractivity contribution in [2.24, 2.45) is 0 Å². The molecule has 19 heavy (non-hydrogen) atoms. The first-order chi connectivity index (χ1) is 8.84. The van der Waals surface area contributed by atoms with Gasteiger partial charge in [0.25, 0.3) is 5.91 Å². The number of nitrogens with one attached hydrogen (secondary N) is 1. The lowest BCUT2D eigenvalue weighted by molar-refractivity contribution is -0.147. The summed E-state index contributed by atoms with van der Waals surface area (Å²) in [7, 11) is 1.22. The Morgan fingerprint density at radius 2 is 2.11 bits per heavy atom. The minimum atomic E-state index is -1.21. The first-order valence-electron chi connectivity index (χ1n) is 5.70. The molecule has 0 aliphatic heterocycles. The zero-order valence-corrected chi connectivity index (χ0v) is 11.7. The molecule has 0 fully saturated rings. The van der Waals surface area contributed by atoms with Crippen molar-refractivity contribution in [2.45, 2.75) is 25.8 Å². The zero-order chi connectivity index (χ0) is 14.6. The minimum absolute atomic E-state index is 0.212. The highest BCUT2D eigenvalue weighted by Gasteiger charge is 2.34. The van der Waals surface area contributed by atoms with E-state index in [1.54, 1.807) is 6.92 Å². The Labute approximate surface area is 115 Å². The van der Waals surface area contributed by atoms with Gasteiger partial charge in [-0.15, -0.1) is 0 Å². The van der Waals surface area contributed by atoms with E-state index >= 15 is 0 Å². The van der Waals surface area contributed by atoms with Crippen molar-refractivity contribution >= 4 is 23.5 Å². The summed E-state index contributed by atoms with van der Waals surface area (Å²) in [4.78, 5) is 23.6. The van der Waals surface area contributed by atoms with E-state index in [2.05, 4.69) is 10.1 Å². The molecule has 0 aliphatic carbocycles. The highest BCUT2D eigenvalue weighted by molar-refractivity contribution is 6.31. The lowest BCUT2D eigenvalue weighted by atomic mass is 9.98. The molecule has 0 radical (unpaired) electrons. The van der Waals surface area contributed by atoms with Crippen LogP contribution in [0.5, 0.6) is 0 Å². The van der Waals surface area contributed by atoms with Gasteiger partial charge in [0, 0.05) is 5.02 Å². The number of hydrogen-bond donors (Lipinski definition) is 1. The molecule has 0 aliphatic rings. The molecule has 1 aromatic rings. The Hall–Kier alpha value is -1.62. The van der Waals surface area contributed by atoms with Gasteiger partial charge in [-0.25, -0.2) is 9.18 Å². The van der Waals surface area contributed by atoms with Gasteiger partial charge in [0.05, 0.1) is 12.7 Å². The van der Waals surface area contributed by atoms with Gasteiger partial charge in [-0.05, 0) is 31.5 Å². The van der Waals surface area contributed by atoms with Crippen molar-refractivity contribution in [1.29, 1.82) is 0 Å². The molecule has 1 rings (SSSR count). The third-order valence-electron chi connectivity index (χ3n) is 2.91. The summed E-state index contributed by atoms with van der Waals surface area (Å²) in [6.07, 6.45) is 0.313. The highest BCUT2D eigenvalue weighted by Crippen LogP contribution is 2.17.